The van der Waals surface area contributed by atoms with Crippen LogP contribution in [0.25, 0.3) is 44.7 Å². The second-order valence-electron chi connectivity index (χ2n) is 8.10. The molecule has 0 saturated carbocycles. The zero-order valence-corrected chi connectivity index (χ0v) is 18.1. The molecular weight excluding hydrogens is 404 g/mol. The van der Waals surface area contributed by atoms with Crippen molar-refractivity contribution in [1.29, 1.82) is 0 Å². The van der Waals surface area contributed by atoms with Crippen molar-refractivity contribution in [1.82, 2.24) is 9.97 Å². The third-order valence-electron chi connectivity index (χ3n) is 5.87. The number of aromatic nitrogens is 2. The molecule has 6 nitrogen and oxygen atoms in total. The fourth-order valence-electron chi connectivity index (χ4n) is 3.67. The van der Waals surface area contributed by atoms with Crippen LogP contribution in [0.1, 0.15) is 22.3 Å². The van der Waals surface area contributed by atoms with Crippen molar-refractivity contribution in [2.45, 2.75) is 27.7 Å². The maximum absolute atomic E-state index is 12.5. The van der Waals surface area contributed by atoms with Gasteiger partial charge in [0, 0.05) is 11.1 Å². The summed E-state index contributed by atoms with van der Waals surface area (Å²) in [6, 6.07) is 14.4. The normalized spacial score (nSPS) is 11.4. The highest BCUT2D eigenvalue weighted by atomic mass is 16.4. The van der Waals surface area contributed by atoms with Crippen molar-refractivity contribution in [3.8, 4) is 22.9 Å². The second-order valence-corrected chi connectivity index (χ2v) is 8.10. The Kier molecular flexibility index (Phi) is 4.51. The molecule has 2 heterocycles. The number of nitrogens with zero attached hydrogens (tertiary/aromatic N) is 2. The van der Waals surface area contributed by atoms with Gasteiger partial charge in [0.25, 0.3) is 0 Å². The van der Waals surface area contributed by atoms with Crippen LogP contribution in [0, 0.1) is 27.7 Å². The SMILES string of the molecule is Cc1cc2nc(-c3ccc(-c4nc5cc(C)c(C)cc5c(=O)o4)cc3)oc(=O)c2cc1C. The molecule has 0 aliphatic heterocycles. The summed E-state index contributed by atoms with van der Waals surface area (Å²) in [4.78, 5) is 34.0. The second kappa shape index (κ2) is 7.27. The van der Waals surface area contributed by atoms with E-state index < -0.39 is 11.3 Å². The van der Waals surface area contributed by atoms with E-state index in [-0.39, 0.29) is 11.8 Å². The Balaban J connectivity index is 1.57. The fourth-order valence-corrected chi connectivity index (χ4v) is 3.67. The molecule has 0 aliphatic carbocycles. The van der Waals surface area contributed by atoms with Crippen molar-refractivity contribution in [3.63, 3.8) is 0 Å². The Bertz CT molecular complexity index is 1520. The van der Waals surface area contributed by atoms with Gasteiger partial charge in [-0.25, -0.2) is 19.6 Å². The van der Waals surface area contributed by atoms with E-state index in [4.69, 9.17) is 8.83 Å². The van der Waals surface area contributed by atoms with Gasteiger partial charge in [0.2, 0.25) is 11.8 Å². The fraction of sp³-hybridized carbons (Fsp3) is 0.154. The lowest BCUT2D eigenvalue weighted by Gasteiger charge is -2.06. The maximum atomic E-state index is 12.5. The van der Waals surface area contributed by atoms with Gasteiger partial charge in [0.15, 0.2) is 0 Å². The van der Waals surface area contributed by atoms with E-state index in [0.717, 1.165) is 22.3 Å². The molecule has 0 radical (unpaired) electrons. The van der Waals surface area contributed by atoms with Crippen LogP contribution in [0.5, 0.6) is 0 Å². The van der Waals surface area contributed by atoms with Crippen molar-refractivity contribution < 1.29 is 8.83 Å². The Morgan fingerprint density at radius 2 is 0.906 bits per heavy atom. The molecule has 32 heavy (non-hydrogen) atoms. The summed E-state index contributed by atoms with van der Waals surface area (Å²) in [6.45, 7) is 7.85. The van der Waals surface area contributed by atoms with E-state index in [2.05, 4.69) is 9.97 Å². The minimum Gasteiger partial charge on any atom is -0.403 e. The van der Waals surface area contributed by atoms with E-state index in [1.807, 2.05) is 39.8 Å². The standard InChI is InChI=1S/C26H20N2O4/c1-13-9-19-21(11-15(13)3)27-23(31-25(19)29)17-5-7-18(8-6-17)24-28-22-12-16(4)14(2)10-20(22)26(30)32-24/h5-12H,1-4H3. The van der Waals surface area contributed by atoms with Gasteiger partial charge in [-0.1, -0.05) is 0 Å². The van der Waals surface area contributed by atoms with E-state index in [0.29, 0.717) is 32.9 Å². The molecule has 158 valence electrons. The van der Waals surface area contributed by atoms with Crippen molar-refractivity contribution in [2.75, 3.05) is 0 Å². The van der Waals surface area contributed by atoms with E-state index in [1.54, 1.807) is 36.4 Å². The summed E-state index contributed by atoms with van der Waals surface area (Å²) in [5.74, 6) is 0.465. The molecule has 0 fully saturated rings. The van der Waals surface area contributed by atoms with Crippen molar-refractivity contribution in [3.05, 3.63) is 91.6 Å². The average molecular weight is 424 g/mol. The van der Waals surface area contributed by atoms with Crippen LogP contribution in [-0.4, -0.2) is 9.97 Å². The summed E-state index contributed by atoms with van der Waals surface area (Å²) in [5, 5.41) is 0.919. The van der Waals surface area contributed by atoms with Gasteiger partial charge in [0.05, 0.1) is 21.8 Å². The molecule has 0 aliphatic rings. The van der Waals surface area contributed by atoms with Gasteiger partial charge < -0.3 is 8.83 Å². The molecule has 0 amide bonds. The number of fused-ring (bicyclic) bond motifs is 2. The number of aryl methyl sites for hydroxylation is 4. The highest BCUT2D eigenvalue weighted by molar-refractivity contribution is 5.81. The molecule has 0 saturated heterocycles. The zero-order valence-electron chi connectivity index (χ0n) is 18.1. The molecule has 0 spiro atoms. The summed E-state index contributed by atoms with van der Waals surface area (Å²) >= 11 is 0. The lowest BCUT2D eigenvalue weighted by molar-refractivity contribution is 0.516. The lowest BCUT2D eigenvalue weighted by atomic mass is 10.1. The van der Waals surface area contributed by atoms with Gasteiger partial charge in [0.1, 0.15) is 0 Å². The third kappa shape index (κ3) is 3.30. The zero-order chi connectivity index (χ0) is 22.6. The largest absolute Gasteiger partial charge is 0.403 e. The van der Waals surface area contributed by atoms with Crippen LogP contribution < -0.4 is 11.3 Å². The van der Waals surface area contributed by atoms with Crippen LogP contribution in [-0.2, 0) is 0 Å². The van der Waals surface area contributed by atoms with Gasteiger partial charge >= 0.3 is 11.3 Å². The van der Waals surface area contributed by atoms with Crippen LogP contribution in [0.2, 0.25) is 0 Å². The lowest BCUT2D eigenvalue weighted by Crippen LogP contribution is -2.04. The van der Waals surface area contributed by atoms with Gasteiger partial charge in [-0.3, -0.25) is 0 Å². The first kappa shape index (κ1) is 19.9. The quantitative estimate of drug-likeness (QED) is 0.384. The minimum absolute atomic E-state index is 0.233. The average Bonchev–Trinajstić information content (AvgIpc) is 2.76. The van der Waals surface area contributed by atoms with Crippen LogP contribution in [0.4, 0.5) is 0 Å². The molecular formula is C26H20N2O4. The van der Waals surface area contributed by atoms with Crippen LogP contribution >= 0.6 is 0 Å². The first-order chi connectivity index (χ1) is 15.3. The Labute approximate surface area is 183 Å². The predicted octanol–water partition coefficient (Wildman–Crippen LogP) is 5.26. The number of hydrogen-bond acceptors (Lipinski definition) is 6. The highest BCUT2D eigenvalue weighted by Gasteiger charge is 2.13. The van der Waals surface area contributed by atoms with E-state index >= 15 is 0 Å². The molecule has 6 heteroatoms. The predicted molar refractivity (Wildman–Crippen MR) is 124 cm³/mol. The van der Waals surface area contributed by atoms with Crippen LogP contribution in [0.15, 0.2) is 67.0 Å². The smallest absolute Gasteiger partial charge is 0.347 e. The Morgan fingerprint density at radius 1 is 0.562 bits per heavy atom. The minimum atomic E-state index is -0.426. The van der Waals surface area contributed by atoms with Gasteiger partial charge in [-0.05, 0) is 98.5 Å². The van der Waals surface area contributed by atoms with E-state index in [9.17, 15) is 9.59 Å². The molecule has 5 rings (SSSR count). The summed E-state index contributed by atoms with van der Waals surface area (Å²) in [7, 11) is 0. The molecule has 0 N–H and O–H groups in total. The molecule has 0 bridgehead atoms. The topological polar surface area (TPSA) is 86.2 Å². The molecule has 5 aromatic rings. The molecule has 0 unspecified atom stereocenters. The van der Waals surface area contributed by atoms with Crippen LogP contribution in [0.3, 0.4) is 0 Å². The molecule has 0 atom stereocenters. The first-order valence-electron chi connectivity index (χ1n) is 10.2. The summed E-state index contributed by atoms with van der Waals surface area (Å²) in [5.41, 5.74) is 5.75. The van der Waals surface area contributed by atoms with Gasteiger partial charge in [-0.15, -0.1) is 0 Å². The number of benzene rings is 3. The first-order valence-corrected chi connectivity index (χ1v) is 10.2. The molecule has 3 aromatic carbocycles. The third-order valence-corrected chi connectivity index (χ3v) is 5.87. The number of rotatable bonds is 2. The number of hydrogen-bond donors (Lipinski definition) is 0. The highest BCUT2D eigenvalue weighted by Crippen LogP contribution is 2.25. The summed E-state index contributed by atoms with van der Waals surface area (Å²) < 4.78 is 10.9. The van der Waals surface area contributed by atoms with Crippen molar-refractivity contribution >= 4 is 21.8 Å². The monoisotopic (exact) mass is 424 g/mol. The maximum Gasteiger partial charge on any atom is 0.347 e. The van der Waals surface area contributed by atoms with E-state index in [1.165, 1.54) is 0 Å². The Hall–Kier alpha value is -4.06. The van der Waals surface area contributed by atoms with Gasteiger partial charge in [-0.2, -0.15) is 0 Å². The summed E-state index contributed by atoms with van der Waals surface area (Å²) in [6.07, 6.45) is 0. The van der Waals surface area contributed by atoms with Crippen molar-refractivity contribution in [2.24, 2.45) is 0 Å². The molecule has 2 aromatic heterocycles. The Morgan fingerprint density at radius 3 is 1.28 bits per heavy atom.